The van der Waals surface area contributed by atoms with E-state index in [2.05, 4.69) is 15.9 Å². The average molecular weight is 300 g/mol. The van der Waals surface area contributed by atoms with Crippen LogP contribution >= 0.6 is 15.9 Å². The van der Waals surface area contributed by atoms with Crippen molar-refractivity contribution in [3.63, 3.8) is 0 Å². The maximum Gasteiger partial charge on any atom is 0.317 e. The van der Waals surface area contributed by atoms with E-state index in [-0.39, 0.29) is 12.6 Å². The molecule has 0 aliphatic rings. The van der Waals surface area contributed by atoms with E-state index in [0.29, 0.717) is 6.54 Å². The molecule has 0 unspecified atom stereocenters. The molecular weight excluding hydrogens is 282 g/mol. The third-order valence-electron chi connectivity index (χ3n) is 2.69. The van der Waals surface area contributed by atoms with E-state index in [1.54, 1.807) is 0 Å². The van der Waals surface area contributed by atoms with Crippen molar-refractivity contribution in [1.82, 2.24) is 4.90 Å². The summed E-state index contributed by atoms with van der Waals surface area (Å²) < 4.78 is 1.06. The molecule has 17 heavy (non-hydrogen) atoms. The number of aliphatic carboxylic acids is 1. The molecule has 94 valence electrons. The third kappa shape index (κ3) is 4.48. The molecule has 1 aromatic carbocycles. The molecule has 4 heteroatoms. The first kappa shape index (κ1) is 14.2. The predicted molar refractivity (Wildman–Crippen MR) is 72.1 cm³/mol. The lowest BCUT2D eigenvalue weighted by atomic mass is 10.1. The fourth-order valence-electron chi connectivity index (χ4n) is 1.56. The molecule has 0 saturated heterocycles. The number of hydrogen-bond acceptors (Lipinski definition) is 2. The highest BCUT2D eigenvalue weighted by atomic mass is 79.9. The normalized spacial score (nSPS) is 11.2. The number of carboxylic acid groups (broad SMARTS) is 1. The fraction of sp³-hybridized carbons (Fsp3) is 0.462. The lowest BCUT2D eigenvalue weighted by Gasteiger charge is -2.24. The van der Waals surface area contributed by atoms with Crippen LogP contribution < -0.4 is 0 Å². The number of hydrogen-bond donors (Lipinski definition) is 1. The Balaban J connectivity index is 2.78. The summed E-state index contributed by atoms with van der Waals surface area (Å²) in [6.07, 6.45) is 0. The molecule has 1 N–H and O–H groups in total. The van der Waals surface area contributed by atoms with Gasteiger partial charge in [-0.05, 0) is 38.0 Å². The van der Waals surface area contributed by atoms with Gasteiger partial charge in [0.25, 0.3) is 0 Å². The highest BCUT2D eigenvalue weighted by Gasteiger charge is 2.13. The molecule has 0 bridgehead atoms. The first-order chi connectivity index (χ1) is 7.90. The molecule has 0 fully saturated rings. The smallest absolute Gasteiger partial charge is 0.317 e. The Morgan fingerprint density at radius 1 is 1.47 bits per heavy atom. The van der Waals surface area contributed by atoms with Crippen molar-refractivity contribution in [3.05, 3.63) is 33.8 Å². The fourth-order valence-corrected chi connectivity index (χ4v) is 1.99. The number of aryl methyl sites for hydroxylation is 1. The van der Waals surface area contributed by atoms with Crippen LogP contribution in [0, 0.1) is 6.92 Å². The lowest BCUT2D eigenvalue weighted by Crippen LogP contribution is -2.35. The Labute approximate surface area is 111 Å². The molecule has 1 rings (SSSR count). The van der Waals surface area contributed by atoms with Crippen LogP contribution in [0.25, 0.3) is 0 Å². The van der Waals surface area contributed by atoms with E-state index in [1.165, 1.54) is 5.56 Å². The van der Waals surface area contributed by atoms with Gasteiger partial charge in [-0.1, -0.05) is 28.1 Å². The second-order valence-corrected chi connectivity index (χ2v) is 5.33. The van der Waals surface area contributed by atoms with Crippen molar-refractivity contribution >= 4 is 21.9 Å². The molecule has 0 aromatic heterocycles. The summed E-state index contributed by atoms with van der Waals surface area (Å²) in [5.74, 6) is -0.787. The van der Waals surface area contributed by atoms with Crippen LogP contribution in [0.3, 0.4) is 0 Å². The maximum atomic E-state index is 10.8. The topological polar surface area (TPSA) is 40.5 Å². The van der Waals surface area contributed by atoms with Crippen molar-refractivity contribution in [1.29, 1.82) is 0 Å². The molecule has 0 saturated carbocycles. The van der Waals surface area contributed by atoms with E-state index in [0.717, 1.165) is 10.0 Å². The zero-order valence-electron chi connectivity index (χ0n) is 10.4. The van der Waals surface area contributed by atoms with Crippen LogP contribution in [0.4, 0.5) is 0 Å². The summed E-state index contributed by atoms with van der Waals surface area (Å²) in [5.41, 5.74) is 2.31. The Kier molecular flexibility index (Phi) is 5.15. The molecule has 1 aromatic rings. The molecule has 0 aliphatic carbocycles. The van der Waals surface area contributed by atoms with E-state index >= 15 is 0 Å². The molecular formula is C13H18BrNO2. The van der Waals surface area contributed by atoms with E-state index in [4.69, 9.17) is 5.11 Å². The van der Waals surface area contributed by atoms with Crippen molar-refractivity contribution in [3.8, 4) is 0 Å². The minimum absolute atomic E-state index is 0.0726. The van der Waals surface area contributed by atoms with Crippen LogP contribution in [0.1, 0.15) is 25.0 Å². The van der Waals surface area contributed by atoms with Crippen molar-refractivity contribution in [2.24, 2.45) is 0 Å². The van der Waals surface area contributed by atoms with Gasteiger partial charge in [0.15, 0.2) is 0 Å². The van der Waals surface area contributed by atoms with Crippen LogP contribution in [0.15, 0.2) is 22.7 Å². The van der Waals surface area contributed by atoms with E-state index < -0.39 is 5.97 Å². The molecule has 0 heterocycles. The highest BCUT2D eigenvalue weighted by Crippen LogP contribution is 2.19. The quantitative estimate of drug-likeness (QED) is 0.908. The van der Waals surface area contributed by atoms with Crippen molar-refractivity contribution in [2.75, 3.05) is 6.54 Å². The minimum atomic E-state index is -0.787. The lowest BCUT2D eigenvalue weighted by molar-refractivity contribution is -0.138. The van der Waals surface area contributed by atoms with Gasteiger partial charge in [-0.25, -0.2) is 0 Å². The first-order valence-electron chi connectivity index (χ1n) is 5.61. The van der Waals surface area contributed by atoms with Crippen molar-refractivity contribution in [2.45, 2.75) is 33.4 Å². The second-order valence-electron chi connectivity index (χ2n) is 4.48. The number of benzene rings is 1. The summed E-state index contributed by atoms with van der Waals surface area (Å²) in [7, 11) is 0. The average Bonchev–Trinajstić information content (AvgIpc) is 2.21. The second kappa shape index (κ2) is 6.17. The minimum Gasteiger partial charge on any atom is -0.480 e. The van der Waals surface area contributed by atoms with Crippen LogP contribution in [-0.4, -0.2) is 28.6 Å². The number of carbonyl (C=O) groups is 1. The van der Waals surface area contributed by atoms with Gasteiger partial charge >= 0.3 is 5.97 Å². The van der Waals surface area contributed by atoms with Gasteiger partial charge in [0.1, 0.15) is 0 Å². The van der Waals surface area contributed by atoms with Gasteiger partial charge < -0.3 is 5.11 Å². The SMILES string of the molecule is Cc1ccc(CN(CC(=O)O)C(C)C)cc1Br. The largest absolute Gasteiger partial charge is 0.480 e. The van der Waals surface area contributed by atoms with E-state index in [1.807, 2.05) is 43.9 Å². The highest BCUT2D eigenvalue weighted by molar-refractivity contribution is 9.10. The molecule has 0 radical (unpaired) electrons. The predicted octanol–water partition coefficient (Wildman–Crippen LogP) is 3.05. The monoisotopic (exact) mass is 299 g/mol. The number of carboxylic acids is 1. The van der Waals surface area contributed by atoms with Gasteiger partial charge in [-0.2, -0.15) is 0 Å². The van der Waals surface area contributed by atoms with Crippen LogP contribution in [0.2, 0.25) is 0 Å². The zero-order chi connectivity index (χ0) is 13.0. The molecule has 0 spiro atoms. The summed E-state index contributed by atoms with van der Waals surface area (Å²) in [4.78, 5) is 12.7. The molecule has 0 aliphatic heterocycles. The Bertz CT molecular complexity index is 404. The Hall–Kier alpha value is -0.870. The molecule has 3 nitrogen and oxygen atoms in total. The van der Waals surface area contributed by atoms with Crippen molar-refractivity contribution < 1.29 is 9.90 Å². The first-order valence-corrected chi connectivity index (χ1v) is 6.40. The Morgan fingerprint density at radius 2 is 2.12 bits per heavy atom. The van der Waals surface area contributed by atoms with Gasteiger partial charge in [-0.3, -0.25) is 9.69 Å². The van der Waals surface area contributed by atoms with Gasteiger partial charge in [0.05, 0.1) is 6.54 Å². The summed E-state index contributed by atoms with van der Waals surface area (Å²) in [5, 5.41) is 8.86. The standard InChI is InChI=1S/C13H18BrNO2/c1-9(2)15(8-13(16)17)7-11-5-4-10(3)12(14)6-11/h4-6,9H,7-8H2,1-3H3,(H,16,17). The third-order valence-corrected chi connectivity index (χ3v) is 3.54. The van der Waals surface area contributed by atoms with Gasteiger partial charge in [0, 0.05) is 17.1 Å². The Morgan fingerprint density at radius 3 is 2.59 bits per heavy atom. The zero-order valence-corrected chi connectivity index (χ0v) is 12.0. The molecule has 0 amide bonds. The van der Waals surface area contributed by atoms with Gasteiger partial charge in [0.2, 0.25) is 0 Å². The summed E-state index contributed by atoms with van der Waals surface area (Å²) in [6.45, 7) is 6.77. The number of nitrogens with zero attached hydrogens (tertiary/aromatic N) is 1. The van der Waals surface area contributed by atoms with Crippen LogP contribution in [0.5, 0.6) is 0 Å². The van der Waals surface area contributed by atoms with E-state index in [9.17, 15) is 4.79 Å². The number of rotatable bonds is 5. The van der Waals surface area contributed by atoms with Crippen LogP contribution in [-0.2, 0) is 11.3 Å². The number of halogens is 1. The summed E-state index contributed by atoms with van der Waals surface area (Å²) >= 11 is 3.49. The maximum absolute atomic E-state index is 10.8. The molecule has 0 atom stereocenters. The van der Waals surface area contributed by atoms with Gasteiger partial charge in [-0.15, -0.1) is 0 Å². The summed E-state index contributed by atoms with van der Waals surface area (Å²) in [6, 6.07) is 6.34.